The van der Waals surface area contributed by atoms with Gasteiger partial charge in [-0.2, -0.15) is 0 Å². The van der Waals surface area contributed by atoms with Gasteiger partial charge in [-0.1, -0.05) is 5.21 Å². The van der Waals surface area contributed by atoms with Crippen LogP contribution in [0.25, 0.3) is 10.9 Å². The lowest BCUT2D eigenvalue weighted by Crippen LogP contribution is -2.38. The fourth-order valence-electron chi connectivity index (χ4n) is 3.20. The van der Waals surface area contributed by atoms with Gasteiger partial charge in [0.05, 0.1) is 25.4 Å². The number of β-amino-alcohol motifs (C(OH)–C–C–N with tert-alkyl or cyclic N) is 1. The van der Waals surface area contributed by atoms with Crippen LogP contribution in [-0.4, -0.2) is 50.9 Å². The number of ether oxygens (including phenoxy) is 1. The molecule has 1 unspecified atom stereocenters. The molecule has 7 heteroatoms. The Labute approximate surface area is 139 Å². The Balaban J connectivity index is 1.55. The van der Waals surface area contributed by atoms with Crippen molar-refractivity contribution in [2.75, 3.05) is 25.1 Å². The minimum atomic E-state index is -0.815. The van der Waals surface area contributed by atoms with Crippen LogP contribution in [0.4, 0.5) is 5.82 Å². The van der Waals surface area contributed by atoms with Crippen LogP contribution < -0.4 is 9.64 Å². The van der Waals surface area contributed by atoms with Crippen LogP contribution in [-0.2, 0) is 6.54 Å². The number of methoxy groups -OCH3 is 1. The number of anilines is 1. The van der Waals surface area contributed by atoms with E-state index >= 15 is 0 Å². The smallest absolute Gasteiger partial charge is 0.129 e. The second-order valence-corrected chi connectivity index (χ2v) is 6.22. The molecule has 0 spiro atoms. The standard InChI is InChI=1S/C17H19N5O2/c1-24-14-3-4-15-13(10-14)2-5-16(19-15)21-8-6-17(23,11-21)12-22-9-7-18-20-22/h2-5,7,9-10,23H,6,8,11-12H2,1H3. The predicted octanol–water partition coefficient (Wildman–Crippen LogP) is 1.48. The summed E-state index contributed by atoms with van der Waals surface area (Å²) in [5, 5.41) is 19.6. The largest absolute Gasteiger partial charge is 0.497 e. The summed E-state index contributed by atoms with van der Waals surface area (Å²) < 4.78 is 6.92. The van der Waals surface area contributed by atoms with E-state index in [2.05, 4.69) is 15.2 Å². The zero-order chi connectivity index (χ0) is 16.6. The molecule has 1 fully saturated rings. The third kappa shape index (κ3) is 2.78. The number of pyridine rings is 1. The first-order valence-electron chi connectivity index (χ1n) is 7.91. The molecule has 3 aromatic rings. The zero-order valence-corrected chi connectivity index (χ0v) is 13.5. The van der Waals surface area contributed by atoms with Crippen LogP contribution >= 0.6 is 0 Å². The minimum absolute atomic E-state index is 0.439. The summed E-state index contributed by atoms with van der Waals surface area (Å²) in [5.41, 5.74) is 0.101. The summed E-state index contributed by atoms with van der Waals surface area (Å²) in [4.78, 5) is 6.83. The summed E-state index contributed by atoms with van der Waals surface area (Å²) in [6.07, 6.45) is 4.06. The molecule has 0 amide bonds. The van der Waals surface area contributed by atoms with Crippen molar-refractivity contribution in [2.24, 2.45) is 0 Å². The molecule has 1 aromatic carbocycles. The molecule has 0 radical (unpaired) electrons. The van der Waals surface area contributed by atoms with Gasteiger partial charge in [0.2, 0.25) is 0 Å². The number of nitrogens with zero attached hydrogens (tertiary/aromatic N) is 5. The average molecular weight is 325 g/mol. The van der Waals surface area contributed by atoms with Crippen molar-refractivity contribution in [2.45, 2.75) is 18.6 Å². The van der Waals surface area contributed by atoms with Crippen molar-refractivity contribution in [1.82, 2.24) is 20.0 Å². The van der Waals surface area contributed by atoms with E-state index in [0.717, 1.165) is 29.0 Å². The molecule has 3 heterocycles. The molecule has 24 heavy (non-hydrogen) atoms. The molecule has 0 saturated carbocycles. The van der Waals surface area contributed by atoms with Gasteiger partial charge in [-0.25, -0.2) is 9.67 Å². The molecule has 7 nitrogen and oxygen atoms in total. The van der Waals surface area contributed by atoms with Crippen LogP contribution in [0.15, 0.2) is 42.7 Å². The molecule has 0 aliphatic carbocycles. The van der Waals surface area contributed by atoms with Crippen molar-refractivity contribution < 1.29 is 9.84 Å². The molecule has 1 aliphatic rings. The van der Waals surface area contributed by atoms with Crippen molar-refractivity contribution in [3.05, 3.63) is 42.7 Å². The van der Waals surface area contributed by atoms with Gasteiger partial charge >= 0.3 is 0 Å². The minimum Gasteiger partial charge on any atom is -0.497 e. The number of aromatic nitrogens is 4. The quantitative estimate of drug-likeness (QED) is 0.783. The molecule has 1 saturated heterocycles. The highest BCUT2D eigenvalue weighted by Gasteiger charge is 2.37. The van der Waals surface area contributed by atoms with E-state index in [1.54, 1.807) is 24.2 Å². The lowest BCUT2D eigenvalue weighted by molar-refractivity contribution is 0.0408. The summed E-state index contributed by atoms with van der Waals surface area (Å²) >= 11 is 0. The maximum Gasteiger partial charge on any atom is 0.129 e. The zero-order valence-electron chi connectivity index (χ0n) is 13.5. The van der Waals surface area contributed by atoms with E-state index in [0.29, 0.717) is 19.5 Å². The fourth-order valence-corrected chi connectivity index (χ4v) is 3.20. The Kier molecular flexibility index (Phi) is 3.57. The summed E-state index contributed by atoms with van der Waals surface area (Å²) in [7, 11) is 1.66. The van der Waals surface area contributed by atoms with E-state index in [1.165, 1.54) is 0 Å². The molecule has 4 rings (SSSR count). The Bertz CT molecular complexity index is 851. The van der Waals surface area contributed by atoms with E-state index in [-0.39, 0.29) is 0 Å². The Morgan fingerprint density at radius 3 is 3.00 bits per heavy atom. The highest BCUT2D eigenvalue weighted by Crippen LogP contribution is 2.29. The lowest BCUT2D eigenvalue weighted by atomic mass is 10.0. The van der Waals surface area contributed by atoms with Crippen LogP contribution in [0.1, 0.15) is 6.42 Å². The molecule has 1 N–H and O–H groups in total. The number of fused-ring (bicyclic) bond motifs is 1. The van der Waals surface area contributed by atoms with E-state index < -0.39 is 5.60 Å². The molecular formula is C17H19N5O2. The first kappa shape index (κ1) is 14.9. The van der Waals surface area contributed by atoms with Gasteiger partial charge in [-0.15, -0.1) is 5.10 Å². The van der Waals surface area contributed by atoms with Gasteiger partial charge in [0, 0.05) is 24.7 Å². The van der Waals surface area contributed by atoms with Crippen LogP contribution in [0.5, 0.6) is 5.75 Å². The van der Waals surface area contributed by atoms with E-state index in [1.807, 2.05) is 30.3 Å². The lowest BCUT2D eigenvalue weighted by Gasteiger charge is -2.23. The number of hydrogen-bond donors (Lipinski definition) is 1. The van der Waals surface area contributed by atoms with Crippen LogP contribution in [0, 0.1) is 0 Å². The van der Waals surface area contributed by atoms with Gasteiger partial charge in [0.15, 0.2) is 0 Å². The third-order valence-corrected chi connectivity index (χ3v) is 4.47. The summed E-state index contributed by atoms with van der Waals surface area (Å²) in [5.74, 6) is 1.70. The van der Waals surface area contributed by atoms with Gasteiger partial charge in [0.1, 0.15) is 17.2 Å². The second kappa shape index (κ2) is 5.76. The number of benzene rings is 1. The van der Waals surface area contributed by atoms with Crippen molar-refractivity contribution in [3.8, 4) is 5.75 Å². The number of aliphatic hydroxyl groups is 1. The van der Waals surface area contributed by atoms with Crippen molar-refractivity contribution in [3.63, 3.8) is 0 Å². The SMILES string of the molecule is COc1ccc2nc(N3CCC(O)(Cn4ccnn4)C3)ccc2c1. The van der Waals surface area contributed by atoms with Crippen LogP contribution in [0.3, 0.4) is 0 Å². The second-order valence-electron chi connectivity index (χ2n) is 6.22. The molecule has 1 aliphatic heterocycles. The topological polar surface area (TPSA) is 76.3 Å². The van der Waals surface area contributed by atoms with Gasteiger partial charge in [-0.05, 0) is 36.8 Å². The average Bonchev–Trinajstić information content (AvgIpc) is 3.24. The van der Waals surface area contributed by atoms with Gasteiger partial charge in [0.25, 0.3) is 0 Å². The van der Waals surface area contributed by atoms with E-state index in [9.17, 15) is 5.11 Å². The first-order chi connectivity index (χ1) is 11.6. The Morgan fingerprint density at radius 2 is 2.21 bits per heavy atom. The maximum atomic E-state index is 10.8. The van der Waals surface area contributed by atoms with Gasteiger partial charge < -0.3 is 14.7 Å². The fraction of sp³-hybridized carbons (Fsp3) is 0.353. The summed E-state index contributed by atoms with van der Waals surface area (Å²) in [6.45, 7) is 1.73. The monoisotopic (exact) mass is 325 g/mol. The highest BCUT2D eigenvalue weighted by molar-refractivity contribution is 5.81. The Hall–Kier alpha value is -2.67. The molecular weight excluding hydrogens is 306 g/mol. The van der Waals surface area contributed by atoms with Crippen molar-refractivity contribution >= 4 is 16.7 Å². The number of hydrogen-bond acceptors (Lipinski definition) is 6. The number of rotatable bonds is 4. The van der Waals surface area contributed by atoms with Gasteiger partial charge in [-0.3, -0.25) is 0 Å². The highest BCUT2D eigenvalue weighted by atomic mass is 16.5. The summed E-state index contributed by atoms with van der Waals surface area (Å²) in [6, 6.07) is 9.86. The molecule has 1 atom stereocenters. The predicted molar refractivity (Wildman–Crippen MR) is 90.1 cm³/mol. The van der Waals surface area contributed by atoms with E-state index in [4.69, 9.17) is 9.72 Å². The van der Waals surface area contributed by atoms with Crippen LogP contribution in [0.2, 0.25) is 0 Å². The molecule has 2 aromatic heterocycles. The normalized spacial score (nSPS) is 20.7. The maximum absolute atomic E-state index is 10.8. The van der Waals surface area contributed by atoms with Crippen molar-refractivity contribution in [1.29, 1.82) is 0 Å². The third-order valence-electron chi connectivity index (χ3n) is 4.47. The Morgan fingerprint density at radius 1 is 1.29 bits per heavy atom. The molecule has 0 bridgehead atoms. The molecule has 124 valence electrons. The first-order valence-corrected chi connectivity index (χ1v) is 7.91.